The Balaban J connectivity index is 1.40. The highest BCUT2D eigenvalue weighted by Gasteiger charge is 2.46. The lowest BCUT2D eigenvalue weighted by Gasteiger charge is -2.24. The van der Waals surface area contributed by atoms with Crippen LogP contribution in [0.2, 0.25) is 0 Å². The van der Waals surface area contributed by atoms with Gasteiger partial charge < -0.3 is 19.0 Å². The molecule has 1 aliphatic heterocycles. The number of aryl methyl sites for hydroxylation is 1. The Morgan fingerprint density at radius 3 is 2.65 bits per heavy atom. The number of ketones is 1. The first-order valence-corrected chi connectivity index (χ1v) is 15.2. The molecule has 0 aliphatic carbocycles. The Kier molecular flexibility index (Phi) is 7.90. The maximum Gasteiger partial charge on any atom is 0.296 e. The lowest BCUT2D eigenvalue weighted by Crippen LogP contribution is -2.30. The number of hydrogen-bond donors (Lipinski definition) is 1. The molecule has 1 unspecified atom stereocenters. The summed E-state index contributed by atoms with van der Waals surface area (Å²) in [5, 5.41) is 12.3. The minimum absolute atomic E-state index is 0.00680. The van der Waals surface area contributed by atoms with Crippen LogP contribution in [0.1, 0.15) is 60.3 Å². The number of unbranched alkanes of at least 4 members (excludes halogenated alkanes) is 3. The van der Waals surface area contributed by atoms with Crippen LogP contribution in [0.3, 0.4) is 0 Å². The van der Waals surface area contributed by atoms with Crippen LogP contribution >= 0.6 is 11.3 Å². The molecule has 1 N–H and O–H groups in total. The predicted molar refractivity (Wildman–Crippen MR) is 167 cm³/mol. The number of Topliss-reactive ketones (excluding diaryl/α,β-unsaturated/α-hetero) is 1. The maximum absolute atomic E-state index is 14.1. The molecule has 43 heavy (non-hydrogen) atoms. The van der Waals surface area contributed by atoms with Gasteiger partial charge in [-0.25, -0.2) is 4.98 Å². The van der Waals surface area contributed by atoms with Gasteiger partial charge in [0.15, 0.2) is 28.0 Å². The monoisotopic (exact) mass is 596 g/mol. The zero-order valence-corrected chi connectivity index (χ0v) is 25.1. The van der Waals surface area contributed by atoms with E-state index in [9.17, 15) is 14.7 Å². The lowest BCUT2D eigenvalue weighted by molar-refractivity contribution is -0.117. The molecule has 0 saturated carbocycles. The summed E-state index contributed by atoms with van der Waals surface area (Å²) in [6.45, 7) is 4.77. The van der Waals surface area contributed by atoms with Gasteiger partial charge in [0.05, 0.1) is 35.5 Å². The van der Waals surface area contributed by atoms with Gasteiger partial charge in [-0.05, 0) is 60.9 Å². The molecule has 0 spiro atoms. The van der Waals surface area contributed by atoms with Gasteiger partial charge in [0, 0.05) is 5.39 Å². The molecule has 3 aromatic carbocycles. The molecule has 2 aromatic heterocycles. The summed E-state index contributed by atoms with van der Waals surface area (Å²) in [6, 6.07) is 19.1. The largest absolute Gasteiger partial charge is 0.503 e. The highest BCUT2D eigenvalue weighted by Crippen LogP contribution is 2.45. The highest BCUT2D eigenvalue weighted by molar-refractivity contribution is 7.22. The van der Waals surface area contributed by atoms with Gasteiger partial charge in [-0.3, -0.25) is 14.5 Å². The second kappa shape index (κ2) is 11.9. The van der Waals surface area contributed by atoms with Gasteiger partial charge in [0.2, 0.25) is 5.78 Å². The topological polar surface area (TPSA) is 102 Å². The molecule has 5 aromatic rings. The van der Waals surface area contributed by atoms with Crippen LogP contribution in [0.25, 0.3) is 21.2 Å². The van der Waals surface area contributed by atoms with Crippen molar-refractivity contribution in [1.82, 2.24) is 4.98 Å². The third-order valence-corrected chi connectivity index (χ3v) is 8.62. The zero-order chi connectivity index (χ0) is 30.1. The van der Waals surface area contributed by atoms with Crippen molar-refractivity contribution in [1.29, 1.82) is 0 Å². The van der Waals surface area contributed by atoms with E-state index in [1.165, 1.54) is 29.8 Å². The van der Waals surface area contributed by atoms with Crippen LogP contribution in [0.4, 0.5) is 5.13 Å². The third kappa shape index (κ3) is 5.36. The second-order valence-corrected chi connectivity index (χ2v) is 11.6. The number of carbonyl (C=O) groups is 2. The summed E-state index contributed by atoms with van der Waals surface area (Å²) < 4.78 is 18.2. The van der Waals surface area contributed by atoms with Crippen LogP contribution in [-0.2, 0) is 4.79 Å². The molecule has 3 heterocycles. The van der Waals surface area contributed by atoms with Crippen molar-refractivity contribution in [3.8, 4) is 11.5 Å². The van der Waals surface area contributed by atoms with E-state index in [0.717, 1.165) is 35.0 Å². The molecule has 0 saturated heterocycles. The zero-order valence-electron chi connectivity index (χ0n) is 24.3. The Labute approximate surface area is 253 Å². The fraction of sp³-hybridized carbons (Fsp3) is 0.265. The SMILES string of the molecule is CCCCCCOc1ccc(C2C(C(=O)c3cc4cccc(OC)c4o3)=C(O)C(=O)N2c2nc3ccc(C)cc3s2)cc1. The number of para-hydroxylation sites is 1. The van der Waals surface area contributed by atoms with Crippen LogP contribution in [0.15, 0.2) is 82.5 Å². The van der Waals surface area contributed by atoms with E-state index < -0.39 is 23.5 Å². The van der Waals surface area contributed by atoms with Crippen LogP contribution in [-0.4, -0.2) is 35.5 Å². The van der Waals surface area contributed by atoms with Crippen molar-refractivity contribution in [3.05, 3.63) is 94.9 Å². The van der Waals surface area contributed by atoms with Crippen molar-refractivity contribution >= 4 is 49.3 Å². The number of benzene rings is 3. The summed E-state index contributed by atoms with van der Waals surface area (Å²) in [5.41, 5.74) is 2.75. The van der Waals surface area contributed by atoms with E-state index in [-0.39, 0.29) is 11.3 Å². The highest BCUT2D eigenvalue weighted by atomic mass is 32.1. The molecule has 220 valence electrons. The summed E-state index contributed by atoms with van der Waals surface area (Å²) in [5.74, 6) is -0.761. The fourth-order valence-corrected chi connectivity index (χ4v) is 6.47. The number of furan rings is 1. The molecular formula is C34H32N2O6S. The number of aromatic nitrogens is 1. The van der Waals surface area contributed by atoms with Crippen molar-refractivity contribution in [3.63, 3.8) is 0 Å². The molecule has 1 atom stereocenters. The summed E-state index contributed by atoms with van der Waals surface area (Å²) >= 11 is 1.33. The standard InChI is InChI=1S/C34H32N2O6S/c1-4-5-6-7-17-41-23-14-12-21(13-15-23)29-28(30(37)26-19-22-9-8-10-25(40-3)32(22)42-26)31(38)33(39)36(29)34-35-24-16-11-20(2)18-27(24)43-34/h8-16,18-19,29,38H,4-7,17H2,1-3H3. The second-order valence-electron chi connectivity index (χ2n) is 10.6. The quantitative estimate of drug-likeness (QED) is 0.121. The lowest BCUT2D eigenvalue weighted by atomic mass is 9.95. The first-order chi connectivity index (χ1) is 20.9. The Morgan fingerprint density at radius 1 is 1.07 bits per heavy atom. The van der Waals surface area contributed by atoms with Crippen molar-refractivity contribution in [2.24, 2.45) is 0 Å². The number of nitrogens with zero attached hydrogens (tertiary/aromatic N) is 2. The summed E-state index contributed by atoms with van der Waals surface area (Å²) in [7, 11) is 1.52. The number of anilines is 1. The number of rotatable bonds is 11. The van der Waals surface area contributed by atoms with Crippen LogP contribution < -0.4 is 14.4 Å². The molecule has 0 radical (unpaired) electrons. The number of ether oxygens (including phenoxy) is 2. The van der Waals surface area contributed by atoms with Gasteiger partial charge in [-0.15, -0.1) is 0 Å². The molecule has 9 heteroatoms. The number of amides is 1. The number of methoxy groups -OCH3 is 1. The molecule has 1 aliphatic rings. The number of thiazole rings is 1. The number of carbonyl (C=O) groups excluding carboxylic acids is 2. The third-order valence-electron chi connectivity index (χ3n) is 7.61. The van der Waals surface area contributed by atoms with Gasteiger partial charge >= 0.3 is 0 Å². The Morgan fingerprint density at radius 2 is 1.88 bits per heavy atom. The minimum atomic E-state index is -0.935. The van der Waals surface area contributed by atoms with Gasteiger partial charge in [-0.2, -0.15) is 0 Å². The van der Waals surface area contributed by atoms with Crippen molar-refractivity contribution in [2.45, 2.75) is 45.6 Å². The first kappa shape index (κ1) is 28.5. The minimum Gasteiger partial charge on any atom is -0.503 e. The number of aliphatic hydroxyl groups excluding tert-OH is 1. The Bertz CT molecular complexity index is 1850. The van der Waals surface area contributed by atoms with E-state index in [1.807, 2.05) is 49.4 Å². The molecule has 0 fully saturated rings. The van der Waals surface area contributed by atoms with E-state index in [4.69, 9.17) is 18.9 Å². The first-order valence-electron chi connectivity index (χ1n) is 14.4. The molecule has 8 nitrogen and oxygen atoms in total. The number of aliphatic hydroxyl groups is 1. The maximum atomic E-state index is 14.1. The summed E-state index contributed by atoms with van der Waals surface area (Å²) in [6.07, 6.45) is 4.40. The van der Waals surface area contributed by atoms with Gasteiger partial charge in [-0.1, -0.05) is 67.9 Å². The van der Waals surface area contributed by atoms with E-state index in [0.29, 0.717) is 39.8 Å². The molecule has 1 amide bonds. The van der Waals surface area contributed by atoms with Gasteiger partial charge in [0.1, 0.15) is 5.75 Å². The Hall–Kier alpha value is -4.63. The van der Waals surface area contributed by atoms with E-state index in [2.05, 4.69) is 6.92 Å². The molecule has 0 bridgehead atoms. The average molecular weight is 597 g/mol. The normalized spacial score (nSPS) is 15.2. The van der Waals surface area contributed by atoms with E-state index >= 15 is 0 Å². The molecule has 6 rings (SSSR count). The fourth-order valence-electron chi connectivity index (χ4n) is 5.38. The smallest absolute Gasteiger partial charge is 0.296 e. The van der Waals surface area contributed by atoms with E-state index in [1.54, 1.807) is 24.3 Å². The predicted octanol–water partition coefficient (Wildman–Crippen LogP) is 8.10. The molecular weight excluding hydrogens is 564 g/mol. The van der Waals surface area contributed by atoms with Crippen LogP contribution in [0, 0.1) is 6.92 Å². The number of hydrogen-bond acceptors (Lipinski definition) is 8. The van der Waals surface area contributed by atoms with Crippen molar-refractivity contribution < 1.29 is 28.6 Å². The van der Waals surface area contributed by atoms with Crippen LogP contribution in [0.5, 0.6) is 11.5 Å². The number of fused-ring (bicyclic) bond motifs is 2. The van der Waals surface area contributed by atoms with Crippen molar-refractivity contribution in [2.75, 3.05) is 18.6 Å². The van der Waals surface area contributed by atoms with Gasteiger partial charge in [0.25, 0.3) is 5.91 Å². The average Bonchev–Trinajstić information content (AvgIpc) is 3.71. The summed E-state index contributed by atoms with van der Waals surface area (Å²) in [4.78, 5) is 33.9.